The predicted octanol–water partition coefficient (Wildman–Crippen LogP) is -0.259. The first kappa shape index (κ1) is 8.29. The van der Waals surface area contributed by atoms with Gasteiger partial charge in [-0.3, -0.25) is 4.79 Å². The molecule has 11 heavy (non-hydrogen) atoms. The van der Waals surface area contributed by atoms with Gasteiger partial charge >= 0.3 is 5.97 Å². The lowest BCUT2D eigenvalue weighted by atomic mass is 10.0. The molecule has 0 fully saturated rings. The average Bonchev–Trinajstić information content (AvgIpc) is 2.11. The molecule has 0 aromatic heterocycles. The van der Waals surface area contributed by atoms with Crippen LogP contribution < -0.4 is 5.73 Å². The molecule has 3 N–H and O–H groups in total. The summed E-state index contributed by atoms with van der Waals surface area (Å²) in [5.74, 6) is -1.02. The normalized spacial score (nSPS) is 29.5. The molecular weight excluding hydrogens is 172 g/mol. The maximum atomic E-state index is 10.3. The molecule has 0 amide bonds. The quantitative estimate of drug-likeness (QED) is 0.610. The van der Waals surface area contributed by atoms with Crippen LogP contribution in [0.5, 0.6) is 0 Å². The molecule has 5 nitrogen and oxygen atoms in total. The van der Waals surface area contributed by atoms with Gasteiger partial charge in [-0.2, -0.15) is 0 Å². The molecule has 0 aromatic rings. The fourth-order valence-electron chi connectivity index (χ4n) is 0.748. The van der Waals surface area contributed by atoms with E-state index in [4.69, 9.17) is 22.4 Å². The number of hydrogen-bond acceptors (Lipinski definition) is 4. The van der Waals surface area contributed by atoms with E-state index in [0.717, 1.165) is 0 Å². The van der Waals surface area contributed by atoms with Crippen LogP contribution in [0.4, 0.5) is 0 Å². The first-order chi connectivity index (χ1) is 5.04. The highest BCUT2D eigenvalue weighted by Gasteiger charge is 2.38. The third-order valence-corrected chi connectivity index (χ3v) is 1.79. The Morgan fingerprint density at radius 1 is 2.00 bits per heavy atom. The second kappa shape index (κ2) is 2.67. The van der Waals surface area contributed by atoms with E-state index in [-0.39, 0.29) is 18.2 Å². The fraction of sp³-hybridized carbons (Fsp3) is 0.600. The molecule has 0 aliphatic carbocycles. The monoisotopic (exact) mass is 178 g/mol. The van der Waals surface area contributed by atoms with Gasteiger partial charge in [-0.05, 0) is 0 Å². The summed E-state index contributed by atoms with van der Waals surface area (Å²) in [6, 6.07) is 0. The molecule has 0 saturated heterocycles. The smallest absolute Gasteiger partial charge is 0.305 e. The number of carboxylic acids is 1. The summed E-state index contributed by atoms with van der Waals surface area (Å²) in [6.07, 6.45) is -0.269. The summed E-state index contributed by atoms with van der Waals surface area (Å²) in [4.78, 5) is 14.8. The summed E-state index contributed by atoms with van der Waals surface area (Å²) < 4.78 is 0. The van der Waals surface area contributed by atoms with Gasteiger partial charge in [0.05, 0.1) is 6.42 Å². The Balaban J connectivity index is 2.67. The van der Waals surface area contributed by atoms with E-state index in [1.54, 1.807) is 0 Å². The Morgan fingerprint density at radius 3 is 3.00 bits per heavy atom. The Bertz CT molecular complexity index is 218. The molecule has 1 unspecified atom stereocenters. The van der Waals surface area contributed by atoms with Crippen molar-refractivity contribution in [1.29, 1.82) is 0 Å². The zero-order valence-electron chi connectivity index (χ0n) is 5.58. The summed E-state index contributed by atoms with van der Waals surface area (Å²) in [5.41, 5.74) is 4.40. The number of nitrogens with zero attached hydrogens (tertiary/aromatic N) is 1. The fourth-order valence-corrected chi connectivity index (χ4v) is 0.919. The van der Waals surface area contributed by atoms with E-state index in [1.807, 2.05) is 0 Å². The SMILES string of the molecule is NC1(CC(=O)O)CON=C1Cl. The lowest BCUT2D eigenvalue weighted by molar-refractivity contribution is -0.138. The molecule has 1 heterocycles. The topological polar surface area (TPSA) is 84.9 Å². The summed E-state index contributed by atoms with van der Waals surface area (Å²) in [5, 5.41) is 11.8. The Morgan fingerprint density at radius 2 is 2.64 bits per heavy atom. The van der Waals surface area contributed by atoms with Gasteiger partial charge in [0.1, 0.15) is 12.1 Å². The summed E-state index contributed by atoms with van der Waals surface area (Å²) in [7, 11) is 0. The number of oxime groups is 1. The molecule has 62 valence electrons. The van der Waals surface area contributed by atoms with Crippen molar-refractivity contribution >= 4 is 22.7 Å². The van der Waals surface area contributed by atoms with Crippen molar-refractivity contribution in [3.63, 3.8) is 0 Å². The van der Waals surface area contributed by atoms with Crippen molar-refractivity contribution in [3.05, 3.63) is 0 Å². The Labute approximate surface area is 67.8 Å². The number of carboxylic acid groups (broad SMARTS) is 1. The van der Waals surface area contributed by atoms with Gasteiger partial charge in [0.2, 0.25) is 0 Å². The molecule has 0 saturated carbocycles. The first-order valence-electron chi connectivity index (χ1n) is 2.91. The number of carbonyl (C=O) groups is 1. The zero-order chi connectivity index (χ0) is 8.48. The van der Waals surface area contributed by atoms with Gasteiger partial charge in [-0.25, -0.2) is 0 Å². The van der Waals surface area contributed by atoms with Crippen molar-refractivity contribution in [1.82, 2.24) is 0 Å². The van der Waals surface area contributed by atoms with Crippen LogP contribution in [0, 0.1) is 0 Å². The molecular formula is C5H7ClN2O3. The van der Waals surface area contributed by atoms with Crippen LogP contribution in [0.2, 0.25) is 0 Å². The zero-order valence-corrected chi connectivity index (χ0v) is 6.34. The van der Waals surface area contributed by atoms with Crippen LogP contribution in [-0.2, 0) is 9.63 Å². The van der Waals surface area contributed by atoms with Gasteiger partial charge in [-0.1, -0.05) is 16.8 Å². The maximum absolute atomic E-state index is 10.3. The van der Waals surface area contributed by atoms with Gasteiger partial charge in [0.25, 0.3) is 0 Å². The minimum atomic E-state index is -1.13. The van der Waals surface area contributed by atoms with Gasteiger partial charge in [0.15, 0.2) is 5.17 Å². The standard InChI is InChI=1S/C5H7ClN2O3/c6-4-5(7,1-3(9)10)2-11-8-4/h1-2,7H2,(H,9,10). The molecule has 0 radical (unpaired) electrons. The lowest BCUT2D eigenvalue weighted by Gasteiger charge is -2.16. The van der Waals surface area contributed by atoms with E-state index in [9.17, 15) is 4.79 Å². The predicted molar refractivity (Wildman–Crippen MR) is 38.4 cm³/mol. The van der Waals surface area contributed by atoms with Crippen molar-refractivity contribution in [2.75, 3.05) is 6.61 Å². The second-order valence-corrected chi connectivity index (χ2v) is 2.74. The first-order valence-corrected chi connectivity index (χ1v) is 3.29. The number of nitrogens with two attached hydrogens (primary N) is 1. The largest absolute Gasteiger partial charge is 0.481 e. The lowest BCUT2D eigenvalue weighted by Crippen LogP contribution is -2.48. The second-order valence-electron chi connectivity index (χ2n) is 2.38. The minimum absolute atomic E-state index is 0.0138. The van der Waals surface area contributed by atoms with Crippen LogP contribution in [0.25, 0.3) is 0 Å². The number of aliphatic carboxylic acids is 1. The van der Waals surface area contributed by atoms with Crippen LogP contribution in [0.15, 0.2) is 5.16 Å². The Hall–Kier alpha value is -0.810. The van der Waals surface area contributed by atoms with E-state index in [2.05, 4.69) is 9.99 Å². The van der Waals surface area contributed by atoms with Gasteiger partial charge < -0.3 is 15.7 Å². The minimum Gasteiger partial charge on any atom is -0.481 e. The molecule has 1 atom stereocenters. The van der Waals surface area contributed by atoms with Crippen molar-refractivity contribution < 1.29 is 14.7 Å². The summed E-state index contributed by atoms with van der Waals surface area (Å²) in [6.45, 7) is 0.0259. The van der Waals surface area contributed by atoms with E-state index in [1.165, 1.54) is 0 Å². The van der Waals surface area contributed by atoms with Crippen LogP contribution in [-0.4, -0.2) is 28.4 Å². The number of rotatable bonds is 2. The molecule has 1 aliphatic rings. The molecule has 0 aromatic carbocycles. The van der Waals surface area contributed by atoms with E-state index >= 15 is 0 Å². The third-order valence-electron chi connectivity index (χ3n) is 1.34. The highest BCUT2D eigenvalue weighted by Crippen LogP contribution is 2.19. The Kier molecular flexibility index (Phi) is 2.01. The van der Waals surface area contributed by atoms with Gasteiger partial charge in [0, 0.05) is 0 Å². The van der Waals surface area contributed by atoms with E-state index < -0.39 is 11.5 Å². The van der Waals surface area contributed by atoms with Crippen molar-refractivity contribution in [2.24, 2.45) is 10.9 Å². The number of hydrogen-bond donors (Lipinski definition) is 2. The number of halogens is 1. The van der Waals surface area contributed by atoms with Crippen molar-refractivity contribution in [2.45, 2.75) is 12.0 Å². The molecule has 1 rings (SSSR count). The molecule has 6 heteroatoms. The summed E-state index contributed by atoms with van der Waals surface area (Å²) >= 11 is 5.50. The van der Waals surface area contributed by atoms with Crippen LogP contribution >= 0.6 is 11.6 Å². The van der Waals surface area contributed by atoms with Crippen LogP contribution in [0.3, 0.4) is 0 Å². The third kappa shape index (κ3) is 1.61. The maximum Gasteiger partial charge on any atom is 0.305 e. The van der Waals surface area contributed by atoms with Crippen LogP contribution in [0.1, 0.15) is 6.42 Å². The highest BCUT2D eigenvalue weighted by molar-refractivity contribution is 6.67. The molecule has 0 bridgehead atoms. The highest BCUT2D eigenvalue weighted by atomic mass is 35.5. The molecule has 0 spiro atoms. The average molecular weight is 179 g/mol. The van der Waals surface area contributed by atoms with Gasteiger partial charge in [-0.15, -0.1) is 0 Å². The van der Waals surface area contributed by atoms with E-state index in [0.29, 0.717) is 0 Å². The molecule has 1 aliphatic heterocycles. The van der Waals surface area contributed by atoms with Crippen molar-refractivity contribution in [3.8, 4) is 0 Å².